The molecule has 1 amide bonds. The van der Waals surface area contributed by atoms with Gasteiger partial charge in [-0.3, -0.25) is 14.5 Å². The van der Waals surface area contributed by atoms with Crippen molar-refractivity contribution in [2.24, 2.45) is 0 Å². The van der Waals surface area contributed by atoms with E-state index in [1.54, 1.807) is 12.1 Å². The number of carbonyl (C=O) groups excluding carboxylic acids is 2. The maximum Gasteiger partial charge on any atom is 0.301 e. The van der Waals surface area contributed by atoms with E-state index in [-0.39, 0.29) is 22.6 Å². The lowest BCUT2D eigenvalue weighted by Gasteiger charge is -2.23. The van der Waals surface area contributed by atoms with Crippen molar-refractivity contribution in [1.82, 2.24) is 10.2 Å². The van der Waals surface area contributed by atoms with Crippen LogP contribution in [0.1, 0.15) is 55.0 Å². The summed E-state index contributed by atoms with van der Waals surface area (Å²) in [6.07, 6.45) is 2.59. The summed E-state index contributed by atoms with van der Waals surface area (Å²) < 4.78 is 12.4. The molecule has 0 aliphatic carbocycles. The number of aliphatic hydroxyl groups is 1. The van der Waals surface area contributed by atoms with Gasteiger partial charge in [0.25, 0.3) is 5.78 Å². The second-order valence-corrected chi connectivity index (χ2v) is 13.3. The molecule has 226 valence electrons. The van der Waals surface area contributed by atoms with Crippen molar-refractivity contribution in [2.45, 2.75) is 55.3 Å². The Bertz CT molecular complexity index is 1740. The minimum absolute atomic E-state index is 0.0156. The van der Waals surface area contributed by atoms with Crippen LogP contribution in [0.2, 0.25) is 5.02 Å². The van der Waals surface area contributed by atoms with E-state index in [9.17, 15) is 14.7 Å². The average molecular weight is 648 g/mol. The van der Waals surface area contributed by atoms with E-state index < -0.39 is 17.7 Å². The van der Waals surface area contributed by atoms with Gasteiger partial charge in [-0.1, -0.05) is 72.3 Å². The standard InChI is InChI=1S/C33H30ClN3O5S2/c1-3-4-14-41-25-7-5-6-21(17-25)28-27(29(38)22-10-13-26-23(16-22)15-19(2)42-26)30(39)31(40)37(28)32-35-36-33(44-32)43-18-20-8-11-24(34)12-9-20/h5-13,16-17,19,28,38H,3-4,14-15,18H2,1-2H3/b29-27+/t19-,28+/m1/s1. The number of anilines is 1. The highest BCUT2D eigenvalue weighted by Gasteiger charge is 2.48. The molecule has 6 rings (SSSR count). The number of ketones is 1. The molecule has 8 nitrogen and oxygen atoms in total. The molecule has 2 aliphatic heterocycles. The summed E-state index contributed by atoms with van der Waals surface area (Å²) in [5.41, 5.74) is 3.04. The third-order valence-corrected chi connectivity index (χ3v) is 9.81. The molecule has 0 saturated carbocycles. The number of benzene rings is 3. The van der Waals surface area contributed by atoms with Gasteiger partial charge in [0.2, 0.25) is 5.13 Å². The molecule has 3 heterocycles. The summed E-state index contributed by atoms with van der Waals surface area (Å²) in [5, 5.41) is 21.2. The van der Waals surface area contributed by atoms with Crippen LogP contribution in [0.25, 0.3) is 5.76 Å². The first kappa shape index (κ1) is 30.2. The van der Waals surface area contributed by atoms with Crippen LogP contribution >= 0.6 is 34.7 Å². The van der Waals surface area contributed by atoms with Crippen LogP contribution in [0.3, 0.4) is 0 Å². The summed E-state index contributed by atoms with van der Waals surface area (Å²) in [7, 11) is 0. The molecule has 0 radical (unpaired) electrons. The van der Waals surface area contributed by atoms with Crippen LogP contribution < -0.4 is 14.4 Å². The van der Waals surface area contributed by atoms with E-state index >= 15 is 0 Å². The normalized spacial score (nSPS) is 18.8. The van der Waals surface area contributed by atoms with Crippen LogP contribution in [0.4, 0.5) is 5.13 Å². The number of unbranched alkanes of at least 4 members (excludes halogenated alkanes) is 1. The van der Waals surface area contributed by atoms with Crippen LogP contribution in [-0.4, -0.2) is 39.7 Å². The Hall–Kier alpha value is -3.86. The highest BCUT2D eigenvalue weighted by atomic mass is 35.5. The molecular formula is C33H30ClN3O5S2. The zero-order valence-electron chi connectivity index (χ0n) is 24.2. The zero-order chi connectivity index (χ0) is 30.8. The molecule has 0 bridgehead atoms. The Balaban J connectivity index is 1.38. The van der Waals surface area contributed by atoms with Crippen molar-refractivity contribution in [2.75, 3.05) is 11.5 Å². The number of ether oxygens (including phenoxy) is 2. The van der Waals surface area contributed by atoms with E-state index in [1.165, 1.54) is 28.0 Å². The first-order valence-electron chi connectivity index (χ1n) is 14.4. The topological polar surface area (TPSA) is 102 Å². The SMILES string of the molecule is CCCCOc1cccc([C@H]2/C(=C(\O)c3ccc4c(c3)C[C@@H](C)O4)C(=O)C(=O)N2c2nnc(SCc3ccc(Cl)cc3)s2)c1. The van der Waals surface area contributed by atoms with Gasteiger partial charge in [0.15, 0.2) is 4.34 Å². The van der Waals surface area contributed by atoms with Gasteiger partial charge >= 0.3 is 5.91 Å². The Labute approximate surface area is 268 Å². The Morgan fingerprint density at radius 3 is 2.75 bits per heavy atom. The van der Waals surface area contributed by atoms with Crippen molar-refractivity contribution in [3.8, 4) is 11.5 Å². The molecule has 1 N–H and O–H groups in total. The molecular weight excluding hydrogens is 618 g/mol. The molecule has 3 aromatic carbocycles. The van der Waals surface area contributed by atoms with Gasteiger partial charge in [0.05, 0.1) is 18.2 Å². The summed E-state index contributed by atoms with van der Waals surface area (Å²) in [6, 6.07) is 19.2. The van der Waals surface area contributed by atoms with Crippen molar-refractivity contribution >= 4 is 57.3 Å². The molecule has 11 heteroatoms. The fraction of sp³-hybridized carbons (Fsp3) is 0.273. The van der Waals surface area contributed by atoms with Crippen LogP contribution in [0.15, 0.2) is 76.6 Å². The van der Waals surface area contributed by atoms with Crippen molar-refractivity contribution in [3.05, 3.63) is 99.6 Å². The highest BCUT2D eigenvalue weighted by molar-refractivity contribution is 8.00. The first-order valence-corrected chi connectivity index (χ1v) is 16.5. The maximum absolute atomic E-state index is 13.7. The smallest absolute Gasteiger partial charge is 0.301 e. The maximum atomic E-state index is 13.7. The monoisotopic (exact) mass is 647 g/mol. The fourth-order valence-corrected chi connectivity index (χ4v) is 7.21. The van der Waals surface area contributed by atoms with Gasteiger partial charge in [0.1, 0.15) is 23.4 Å². The van der Waals surface area contributed by atoms with Crippen molar-refractivity contribution in [3.63, 3.8) is 0 Å². The van der Waals surface area contributed by atoms with E-state index in [1.807, 2.05) is 61.5 Å². The number of aliphatic hydroxyl groups excluding tert-OH is 1. The van der Waals surface area contributed by atoms with Gasteiger partial charge < -0.3 is 14.6 Å². The summed E-state index contributed by atoms with van der Waals surface area (Å²) in [5.74, 6) is 0.170. The molecule has 1 saturated heterocycles. The van der Waals surface area contributed by atoms with E-state index in [4.69, 9.17) is 21.1 Å². The second kappa shape index (κ2) is 13.0. The number of carbonyl (C=O) groups is 2. The van der Waals surface area contributed by atoms with Crippen LogP contribution in [0.5, 0.6) is 11.5 Å². The van der Waals surface area contributed by atoms with Crippen molar-refractivity contribution in [1.29, 1.82) is 0 Å². The molecule has 2 aliphatic rings. The number of halogens is 1. The predicted octanol–water partition coefficient (Wildman–Crippen LogP) is 7.61. The minimum Gasteiger partial charge on any atom is -0.507 e. The quantitative estimate of drug-likeness (QED) is 0.0469. The molecule has 44 heavy (non-hydrogen) atoms. The van der Waals surface area contributed by atoms with Gasteiger partial charge in [0, 0.05) is 22.8 Å². The lowest BCUT2D eigenvalue weighted by molar-refractivity contribution is -0.132. The first-order chi connectivity index (χ1) is 21.3. The summed E-state index contributed by atoms with van der Waals surface area (Å²) in [6.45, 7) is 4.61. The van der Waals surface area contributed by atoms with Gasteiger partial charge in [-0.05, 0) is 72.5 Å². The molecule has 2 atom stereocenters. The van der Waals surface area contributed by atoms with Gasteiger partial charge in [-0.25, -0.2) is 0 Å². The number of hydrogen-bond donors (Lipinski definition) is 1. The number of amides is 1. The third kappa shape index (κ3) is 6.20. The zero-order valence-corrected chi connectivity index (χ0v) is 26.5. The number of rotatable bonds is 10. The summed E-state index contributed by atoms with van der Waals surface area (Å²) >= 11 is 8.70. The molecule has 1 aromatic heterocycles. The lowest BCUT2D eigenvalue weighted by Crippen LogP contribution is -2.29. The average Bonchev–Trinajstić information content (AvgIpc) is 3.71. The minimum atomic E-state index is -0.935. The Morgan fingerprint density at radius 2 is 1.95 bits per heavy atom. The molecule has 1 fully saturated rings. The third-order valence-electron chi connectivity index (χ3n) is 7.43. The van der Waals surface area contributed by atoms with Gasteiger partial charge in [-0.15, -0.1) is 10.2 Å². The Morgan fingerprint density at radius 1 is 1.14 bits per heavy atom. The van der Waals surface area contributed by atoms with E-state index in [2.05, 4.69) is 17.1 Å². The van der Waals surface area contributed by atoms with Crippen molar-refractivity contribution < 1.29 is 24.2 Å². The number of Topliss-reactive ketones (excluding diaryl/α,β-unsaturated/α-hetero) is 1. The number of aromatic nitrogens is 2. The summed E-state index contributed by atoms with van der Waals surface area (Å²) in [4.78, 5) is 28.7. The van der Waals surface area contributed by atoms with E-state index in [0.717, 1.165) is 29.7 Å². The Kier molecular flexibility index (Phi) is 8.93. The number of thioether (sulfide) groups is 1. The van der Waals surface area contributed by atoms with Gasteiger partial charge in [-0.2, -0.15) is 0 Å². The number of nitrogens with zero attached hydrogens (tertiary/aromatic N) is 3. The largest absolute Gasteiger partial charge is 0.507 e. The second-order valence-electron chi connectivity index (χ2n) is 10.7. The molecule has 0 spiro atoms. The molecule has 4 aromatic rings. The molecule has 0 unspecified atom stereocenters. The number of fused-ring (bicyclic) bond motifs is 1. The van der Waals surface area contributed by atoms with Crippen LogP contribution in [-0.2, 0) is 21.8 Å². The number of hydrogen-bond acceptors (Lipinski definition) is 9. The predicted molar refractivity (Wildman–Crippen MR) is 173 cm³/mol. The highest BCUT2D eigenvalue weighted by Crippen LogP contribution is 2.45. The fourth-order valence-electron chi connectivity index (χ4n) is 5.26. The van der Waals surface area contributed by atoms with Crippen LogP contribution in [0, 0.1) is 0 Å². The van der Waals surface area contributed by atoms with E-state index in [0.29, 0.717) is 45.0 Å². The lowest BCUT2D eigenvalue weighted by atomic mass is 9.94.